The van der Waals surface area contributed by atoms with Crippen LogP contribution in [0.4, 0.5) is 0 Å². The van der Waals surface area contributed by atoms with Gasteiger partial charge in [-0.05, 0) is 26.0 Å². The van der Waals surface area contributed by atoms with E-state index >= 15 is 0 Å². The zero-order valence-electron chi connectivity index (χ0n) is 9.02. The average Bonchev–Trinajstić information content (AvgIpc) is 2.21. The molecule has 5 heteroatoms. The third-order valence-electron chi connectivity index (χ3n) is 2.27. The maximum absolute atomic E-state index is 11.6. The van der Waals surface area contributed by atoms with Crippen LogP contribution in [0.15, 0.2) is 18.2 Å². The van der Waals surface area contributed by atoms with E-state index in [1.54, 1.807) is 6.92 Å². The molecule has 0 heterocycles. The van der Waals surface area contributed by atoms with E-state index in [1.165, 1.54) is 25.1 Å². The van der Waals surface area contributed by atoms with Crippen LogP contribution in [0.25, 0.3) is 0 Å². The lowest BCUT2D eigenvalue weighted by molar-refractivity contribution is -0.138. The molecule has 0 aliphatic heterocycles. The average molecular weight is 223 g/mol. The number of hydrogen-bond donors (Lipinski definition) is 3. The molecule has 16 heavy (non-hydrogen) atoms. The summed E-state index contributed by atoms with van der Waals surface area (Å²) in [4.78, 5) is 22.2. The quantitative estimate of drug-likeness (QED) is 0.710. The highest BCUT2D eigenvalue weighted by atomic mass is 16.4. The van der Waals surface area contributed by atoms with Gasteiger partial charge < -0.3 is 15.5 Å². The van der Waals surface area contributed by atoms with Crippen molar-refractivity contribution in [2.75, 3.05) is 0 Å². The largest absolute Gasteiger partial charge is 0.508 e. The molecule has 1 amide bonds. The van der Waals surface area contributed by atoms with E-state index in [0.717, 1.165) is 0 Å². The maximum Gasteiger partial charge on any atom is 0.325 e. The summed E-state index contributed by atoms with van der Waals surface area (Å²) >= 11 is 0. The van der Waals surface area contributed by atoms with Gasteiger partial charge in [-0.1, -0.05) is 6.07 Å². The molecule has 0 saturated heterocycles. The second-order valence-electron chi connectivity index (χ2n) is 3.48. The fourth-order valence-corrected chi connectivity index (χ4v) is 1.21. The molecule has 1 aromatic rings. The molecule has 1 aromatic carbocycles. The Morgan fingerprint density at radius 1 is 1.38 bits per heavy atom. The van der Waals surface area contributed by atoms with Crippen LogP contribution in [0.1, 0.15) is 22.8 Å². The number of phenolic OH excluding ortho intramolecular Hbond substituents is 1. The number of benzene rings is 1. The minimum absolute atomic E-state index is 0.00984. The van der Waals surface area contributed by atoms with Crippen molar-refractivity contribution in [3.05, 3.63) is 29.3 Å². The van der Waals surface area contributed by atoms with Crippen molar-refractivity contribution >= 4 is 11.9 Å². The Kier molecular flexibility index (Phi) is 3.50. The van der Waals surface area contributed by atoms with Crippen molar-refractivity contribution in [2.45, 2.75) is 19.9 Å². The summed E-state index contributed by atoms with van der Waals surface area (Å²) < 4.78 is 0. The van der Waals surface area contributed by atoms with Crippen molar-refractivity contribution in [2.24, 2.45) is 0 Å². The molecule has 1 atom stereocenters. The first kappa shape index (κ1) is 12.0. The molecule has 0 aromatic heterocycles. The fraction of sp³-hybridized carbons (Fsp3) is 0.273. The van der Waals surface area contributed by atoms with E-state index in [4.69, 9.17) is 5.11 Å². The lowest BCUT2D eigenvalue weighted by Gasteiger charge is -2.11. The predicted molar refractivity (Wildman–Crippen MR) is 57.4 cm³/mol. The zero-order chi connectivity index (χ0) is 12.3. The summed E-state index contributed by atoms with van der Waals surface area (Å²) in [5.74, 6) is -1.61. The maximum atomic E-state index is 11.6. The van der Waals surface area contributed by atoms with E-state index in [1.807, 2.05) is 0 Å². The number of carbonyl (C=O) groups excluding carboxylic acids is 1. The molecule has 0 aliphatic carbocycles. The number of amides is 1. The lowest BCUT2D eigenvalue weighted by Crippen LogP contribution is -2.38. The van der Waals surface area contributed by atoms with Crippen molar-refractivity contribution in [3.8, 4) is 5.75 Å². The molecule has 0 bridgehead atoms. The van der Waals surface area contributed by atoms with Gasteiger partial charge in [0, 0.05) is 11.1 Å². The van der Waals surface area contributed by atoms with E-state index < -0.39 is 17.9 Å². The number of rotatable bonds is 3. The van der Waals surface area contributed by atoms with E-state index in [9.17, 15) is 14.7 Å². The summed E-state index contributed by atoms with van der Waals surface area (Å²) in [6.07, 6.45) is 0. The first-order valence-corrected chi connectivity index (χ1v) is 4.75. The Morgan fingerprint density at radius 2 is 2.00 bits per heavy atom. The van der Waals surface area contributed by atoms with Crippen molar-refractivity contribution in [1.29, 1.82) is 0 Å². The normalized spacial score (nSPS) is 11.9. The number of carboxylic acids is 1. The molecule has 0 saturated carbocycles. The molecular formula is C11H13NO4. The summed E-state index contributed by atoms with van der Waals surface area (Å²) in [6.45, 7) is 2.97. The van der Waals surface area contributed by atoms with Crippen LogP contribution in [-0.2, 0) is 4.79 Å². The first-order valence-electron chi connectivity index (χ1n) is 4.75. The molecule has 0 spiro atoms. The van der Waals surface area contributed by atoms with Gasteiger partial charge in [-0.15, -0.1) is 0 Å². The van der Waals surface area contributed by atoms with Gasteiger partial charge in [0.05, 0.1) is 0 Å². The topological polar surface area (TPSA) is 86.6 Å². The smallest absolute Gasteiger partial charge is 0.325 e. The van der Waals surface area contributed by atoms with Crippen molar-refractivity contribution < 1.29 is 19.8 Å². The number of carbonyl (C=O) groups is 2. The zero-order valence-corrected chi connectivity index (χ0v) is 9.02. The van der Waals surface area contributed by atoms with Crippen LogP contribution in [-0.4, -0.2) is 28.1 Å². The van der Waals surface area contributed by atoms with Crippen molar-refractivity contribution in [3.63, 3.8) is 0 Å². The number of hydrogen-bond acceptors (Lipinski definition) is 3. The van der Waals surface area contributed by atoms with Gasteiger partial charge in [0.1, 0.15) is 11.8 Å². The Balaban J connectivity index is 2.89. The second-order valence-corrected chi connectivity index (χ2v) is 3.48. The number of nitrogens with one attached hydrogen (secondary N) is 1. The summed E-state index contributed by atoms with van der Waals surface area (Å²) in [5.41, 5.74) is 0.700. The Bertz CT molecular complexity index is 428. The molecule has 5 nitrogen and oxygen atoms in total. The van der Waals surface area contributed by atoms with Gasteiger partial charge in [0.25, 0.3) is 5.91 Å². The molecular weight excluding hydrogens is 210 g/mol. The summed E-state index contributed by atoms with van der Waals surface area (Å²) in [6, 6.07) is 3.56. The number of aliphatic carboxylic acids is 1. The summed E-state index contributed by atoms with van der Waals surface area (Å²) in [7, 11) is 0. The van der Waals surface area contributed by atoms with E-state index in [2.05, 4.69) is 5.32 Å². The standard InChI is InChI=1S/C11H13NO4/c1-6-8(4-3-5-9(6)13)10(14)12-7(2)11(15)16/h3-5,7,13H,1-2H3,(H,12,14)(H,15,16)/t7-/m0/s1. The molecule has 0 aliphatic rings. The minimum Gasteiger partial charge on any atom is -0.508 e. The van der Waals surface area contributed by atoms with Crippen LogP contribution < -0.4 is 5.32 Å². The van der Waals surface area contributed by atoms with Gasteiger partial charge in [-0.2, -0.15) is 0 Å². The van der Waals surface area contributed by atoms with Gasteiger partial charge in [-0.25, -0.2) is 0 Å². The Hall–Kier alpha value is -2.04. The molecule has 0 unspecified atom stereocenters. The van der Waals surface area contributed by atoms with E-state index in [0.29, 0.717) is 5.56 Å². The van der Waals surface area contributed by atoms with Gasteiger partial charge in [-0.3, -0.25) is 9.59 Å². The fourth-order valence-electron chi connectivity index (χ4n) is 1.21. The third-order valence-corrected chi connectivity index (χ3v) is 2.27. The van der Waals surface area contributed by atoms with Crippen LogP contribution in [0.5, 0.6) is 5.75 Å². The van der Waals surface area contributed by atoms with Gasteiger partial charge >= 0.3 is 5.97 Å². The Labute approximate surface area is 92.7 Å². The van der Waals surface area contributed by atoms with Gasteiger partial charge in [0.15, 0.2) is 0 Å². The molecule has 86 valence electrons. The highest BCUT2D eigenvalue weighted by Crippen LogP contribution is 2.19. The van der Waals surface area contributed by atoms with Crippen LogP contribution in [0, 0.1) is 6.92 Å². The van der Waals surface area contributed by atoms with Gasteiger partial charge in [0.2, 0.25) is 0 Å². The molecule has 3 N–H and O–H groups in total. The molecule has 1 rings (SSSR count). The number of carboxylic acid groups (broad SMARTS) is 1. The number of aromatic hydroxyl groups is 1. The molecule has 0 fully saturated rings. The first-order chi connectivity index (χ1) is 7.43. The summed E-state index contributed by atoms with van der Waals surface area (Å²) in [5, 5.41) is 20.3. The minimum atomic E-state index is -1.11. The van der Waals surface area contributed by atoms with Crippen LogP contribution >= 0.6 is 0 Å². The monoisotopic (exact) mass is 223 g/mol. The van der Waals surface area contributed by atoms with Crippen molar-refractivity contribution in [1.82, 2.24) is 5.32 Å². The SMILES string of the molecule is Cc1c(O)cccc1C(=O)N[C@@H](C)C(=O)O. The molecule has 0 radical (unpaired) electrons. The van der Waals surface area contributed by atoms with E-state index in [-0.39, 0.29) is 11.3 Å². The second kappa shape index (κ2) is 4.65. The highest BCUT2D eigenvalue weighted by molar-refractivity contribution is 5.98. The Morgan fingerprint density at radius 3 is 2.56 bits per heavy atom. The van der Waals surface area contributed by atoms with Crippen LogP contribution in [0.2, 0.25) is 0 Å². The lowest BCUT2D eigenvalue weighted by atomic mass is 10.1. The third kappa shape index (κ3) is 2.50. The predicted octanol–water partition coefficient (Wildman–Crippen LogP) is 0.904. The van der Waals surface area contributed by atoms with Crippen LogP contribution in [0.3, 0.4) is 0 Å². The highest BCUT2D eigenvalue weighted by Gasteiger charge is 2.17. The number of phenols is 1.